The highest BCUT2D eigenvalue weighted by atomic mass is 19.4. The first kappa shape index (κ1) is 9.17. The maximum Gasteiger partial charge on any atom is 0.416 e. The molecule has 0 heterocycles. The fraction of sp³-hybridized carbons (Fsp3) is 0.250. The predicted octanol–water partition coefficient (Wildman–Crippen LogP) is 1.81. The van der Waals surface area contributed by atoms with Crippen molar-refractivity contribution in [3.63, 3.8) is 0 Å². The summed E-state index contributed by atoms with van der Waals surface area (Å²) in [5.74, 6) is 0. The normalized spacial score (nSPS) is 11.7. The summed E-state index contributed by atoms with van der Waals surface area (Å²) < 4.78 is 36.2. The number of aryl methyl sites for hydroxylation is 1. The standard InChI is InChI=1S/C8H6BF3/c1-5-4-6(8(10,11)12)2-3-7(5)9/h2-4H,1H3. The Kier molecular flexibility index (Phi) is 2.17. The van der Waals surface area contributed by atoms with Crippen molar-refractivity contribution in [2.45, 2.75) is 13.1 Å². The van der Waals surface area contributed by atoms with Crippen molar-refractivity contribution in [1.29, 1.82) is 0 Å². The van der Waals surface area contributed by atoms with E-state index in [0.29, 0.717) is 11.0 Å². The highest BCUT2D eigenvalue weighted by Gasteiger charge is 2.30. The molecule has 0 bridgehead atoms. The Morgan fingerprint density at radius 1 is 1.25 bits per heavy atom. The van der Waals surface area contributed by atoms with Crippen molar-refractivity contribution in [1.82, 2.24) is 0 Å². The lowest BCUT2D eigenvalue weighted by Gasteiger charge is -2.08. The second-order valence-corrected chi connectivity index (χ2v) is 2.57. The number of hydrogen-bond acceptors (Lipinski definition) is 0. The zero-order valence-corrected chi connectivity index (χ0v) is 6.44. The van der Waals surface area contributed by atoms with Crippen molar-refractivity contribution in [3.8, 4) is 0 Å². The minimum Gasteiger partial charge on any atom is -0.166 e. The summed E-state index contributed by atoms with van der Waals surface area (Å²) >= 11 is 0. The van der Waals surface area contributed by atoms with E-state index in [1.54, 1.807) is 6.92 Å². The van der Waals surface area contributed by atoms with E-state index in [2.05, 4.69) is 0 Å². The third kappa shape index (κ3) is 1.81. The van der Waals surface area contributed by atoms with E-state index >= 15 is 0 Å². The second kappa shape index (κ2) is 2.85. The Morgan fingerprint density at radius 2 is 1.83 bits per heavy atom. The van der Waals surface area contributed by atoms with Gasteiger partial charge in [-0.05, 0) is 13.0 Å². The minimum absolute atomic E-state index is 0.378. The smallest absolute Gasteiger partial charge is 0.166 e. The molecule has 12 heavy (non-hydrogen) atoms. The molecule has 0 aliphatic heterocycles. The molecule has 0 aliphatic rings. The largest absolute Gasteiger partial charge is 0.416 e. The van der Waals surface area contributed by atoms with Gasteiger partial charge in [-0.3, -0.25) is 0 Å². The second-order valence-electron chi connectivity index (χ2n) is 2.57. The van der Waals surface area contributed by atoms with Gasteiger partial charge in [0.25, 0.3) is 0 Å². The van der Waals surface area contributed by atoms with Crippen LogP contribution in [-0.2, 0) is 6.18 Å². The van der Waals surface area contributed by atoms with Crippen LogP contribution in [-0.4, -0.2) is 7.85 Å². The van der Waals surface area contributed by atoms with Crippen LogP contribution in [0, 0.1) is 6.92 Å². The van der Waals surface area contributed by atoms with Crippen molar-refractivity contribution in [2.75, 3.05) is 0 Å². The topological polar surface area (TPSA) is 0 Å². The van der Waals surface area contributed by atoms with Gasteiger partial charge in [0.2, 0.25) is 0 Å². The van der Waals surface area contributed by atoms with Crippen LogP contribution in [0.15, 0.2) is 18.2 Å². The molecule has 0 spiro atoms. The van der Waals surface area contributed by atoms with E-state index in [1.165, 1.54) is 6.07 Å². The molecule has 1 aromatic carbocycles. The highest BCUT2D eigenvalue weighted by Crippen LogP contribution is 2.28. The zero-order chi connectivity index (χ0) is 9.35. The Morgan fingerprint density at radius 3 is 2.25 bits per heavy atom. The highest BCUT2D eigenvalue weighted by molar-refractivity contribution is 6.33. The Labute approximate surface area is 69.8 Å². The van der Waals surface area contributed by atoms with Gasteiger partial charge < -0.3 is 0 Å². The lowest BCUT2D eigenvalue weighted by molar-refractivity contribution is -0.137. The van der Waals surface area contributed by atoms with Gasteiger partial charge in [-0.1, -0.05) is 23.2 Å². The van der Waals surface area contributed by atoms with E-state index in [9.17, 15) is 13.2 Å². The van der Waals surface area contributed by atoms with Crippen molar-refractivity contribution in [3.05, 3.63) is 29.3 Å². The maximum absolute atomic E-state index is 12.1. The van der Waals surface area contributed by atoms with Crippen molar-refractivity contribution < 1.29 is 13.2 Å². The number of hydrogen-bond donors (Lipinski definition) is 0. The molecule has 1 aromatic rings. The van der Waals surface area contributed by atoms with Gasteiger partial charge in [0, 0.05) is 0 Å². The molecule has 0 unspecified atom stereocenters. The van der Waals surface area contributed by atoms with Gasteiger partial charge in [-0.2, -0.15) is 13.2 Å². The first-order valence-electron chi connectivity index (χ1n) is 3.34. The first-order valence-corrected chi connectivity index (χ1v) is 3.34. The molecule has 1 rings (SSSR count). The minimum atomic E-state index is -4.28. The SMILES string of the molecule is [B]c1ccc(C(F)(F)F)cc1C. The molecule has 0 aliphatic carbocycles. The number of alkyl halides is 3. The molecule has 0 saturated carbocycles. The summed E-state index contributed by atoms with van der Waals surface area (Å²) in [6, 6.07) is 3.27. The van der Waals surface area contributed by atoms with Crippen LogP contribution in [0.25, 0.3) is 0 Å². The number of benzene rings is 1. The predicted molar refractivity (Wildman–Crippen MR) is 41.6 cm³/mol. The Hall–Kier alpha value is -0.925. The molecule has 62 valence electrons. The summed E-state index contributed by atoms with van der Waals surface area (Å²) in [6.45, 7) is 1.55. The summed E-state index contributed by atoms with van der Waals surface area (Å²) in [5.41, 5.74) is 0.169. The van der Waals surface area contributed by atoms with E-state index in [-0.39, 0.29) is 0 Å². The Balaban J connectivity index is 3.14. The molecule has 4 heteroatoms. The number of rotatable bonds is 0. The molecule has 2 radical (unpaired) electrons. The quantitative estimate of drug-likeness (QED) is 0.520. The van der Waals surface area contributed by atoms with Crippen molar-refractivity contribution in [2.24, 2.45) is 0 Å². The van der Waals surface area contributed by atoms with Crippen LogP contribution in [0.1, 0.15) is 11.1 Å². The van der Waals surface area contributed by atoms with Crippen molar-refractivity contribution >= 4 is 13.3 Å². The van der Waals surface area contributed by atoms with Gasteiger partial charge in [0.05, 0.1) is 5.56 Å². The van der Waals surface area contributed by atoms with E-state index < -0.39 is 11.7 Å². The van der Waals surface area contributed by atoms with Crippen LogP contribution in [0.2, 0.25) is 0 Å². The molecule has 0 N–H and O–H groups in total. The third-order valence-electron chi connectivity index (χ3n) is 1.60. The maximum atomic E-state index is 12.1. The fourth-order valence-electron chi connectivity index (χ4n) is 0.852. The van der Waals surface area contributed by atoms with E-state index in [1.807, 2.05) is 0 Å². The summed E-state index contributed by atoms with van der Waals surface area (Å²) in [6.07, 6.45) is -4.28. The molecule has 0 amide bonds. The molecule has 0 aromatic heterocycles. The summed E-state index contributed by atoms with van der Waals surface area (Å²) in [5, 5.41) is 0. The molecule has 0 saturated heterocycles. The molecule has 0 nitrogen and oxygen atoms in total. The van der Waals surface area contributed by atoms with Crippen LogP contribution >= 0.6 is 0 Å². The number of halogens is 3. The average molecular weight is 170 g/mol. The summed E-state index contributed by atoms with van der Waals surface area (Å²) in [4.78, 5) is 0. The van der Waals surface area contributed by atoms with Crippen LogP contribution in [0.5, 0.6) is 0 Å². The van der Waals surface area contributed by atoms with E-state index in [0.717, 1.165) is 12.1 Å². The lowest BCUT2D eigenvalue weighted by Crippen LogP contribution is -2.11. The third-order valence-corrected chi connectivity index (χ3v) is 1.60. The monoisotopic (exact) mass is 170 g/mol. The first-order chi connectivity index (χ1) is 5.41. The average Bonchev–Trinajstić information content (AvgIpc) is 1.92. The van der Waals surface area contributed by atoms with Gasteiger partial charge >= 0.3 is 6.18 Å². The van der Waals surface area contributed by atoms with Crippen LogP contribution in [0.3, 0.4) is 0 Å². The van der Waals surface area contributed by atoms with E-state index in [4.69, 9.17) is 7.85 Å². The molecular weight excluding hydrogens is 164 g/mol. The van der Waals surface area contributed by atoms with Gasteiger partial charge in [-0.25, -0.2) is 0 Å². The molecule has 0 atom stereocenters. The molecular formula is C8H6BF3. The zero-order valence-electron chi connectivity index (χ0n) is 6.44. The fourth-order valence-corrected chi connectivity index (χ4v) is 0.852. The lowest BCUT2D eigenvalue weighted by atomic mass is 9.90. The Bertz CT molecular complexity index is 291. The van der Waals surface area contributed by atoms with Gasteiger partial charge in [0.15, 0.2) is 0 Å². The molecule has 0 fully saturated rings. The summed E-state index contributed by atoms with van der Waals surface area (Å²) in [7, 11) is 5.36. The van der Waals surface area contributed by atoms with Gasteiger partial charge in [-0.15, -0.1) is 0 Å². The van der Waals surface area contributed by atoms with Crippen LogP contribution < -0.4 is 5.46 Å². The van der Waals surface area contributed by atoms with Gasteiger partial charge in [0.1, 0.15) is 7.85 Å². The van der Waals surface area contributed by atoms with Crippen LogP contribution in [0.4, 0.5) is 13.2 Å².